The summed E-state index contributed by atoms with van der Waals surface area (Å²) in [6.07, 6.45) is 2.74. The zero-order valence-electron chi connectivity index (χ0n) is 10.9. The molecular weight excluding hydrogens is 260 g/mol. The molecule has 2 heterocycles. The van der Waals surface area contributed by atoms with Crippen molar-refractivity contribution in [3.05, 3.63) is 29.7 Å². The molecule has 0 saturated carbocycles. The molecule has 1 aliphatic carbocycles. The second-order valence-corrected chi connectivity index (χ2v) is 5.00. The molecule has 1 unspecified atom stereocenters. The average molecular weight is 276 g/mol. The van der Waals surface area contributed by atoms with E-state index in [9.17, 15) is 15.3 Å². The summed E-state index contributed by atoms with van der Waals surface area (Å²) >= 11 is 0. The predicted octanol–water partition coefficient (Wildman–Crippen LogP) is -0.483. The van der Waals surface area contributed by atoms with Crippen LogP contribution in [-0.2, 0) is 0 Å². The molecular formula is C13H16N4O3. The Bertz CT molecular complexity index is 694. The molecule has 7 heteroatoms. The van der Waals surface area contributed by atoms with Gasteiger partial charge in [0.05, 0.1) is 18.0 Å². The largest absolute Gasteiger partial charge is 0.392 e. The van der Waals surface area contributed by atoms with E-state index in [2.05, 4.69) is 9.97 Å². The summed E-state index contributed by atoms with van der Waals surface area (Å²) in [6, 6.07) is -0.488. The summed E-state index contributed by atoms with van der Waals surface area (Å²) < 4.78 is 1.75. The molecule has 0 aromatic carbocycles. The van der Waals surface area contributed by atoms with Crippen LogP contribution in [0.1, 0.15) is 11.6 Å². The monoisotopic (exact) mass is 276 g/mol. The van der Waals surface area contributed by atoms with E-state index in [1.54, 1.807) is 10.6 Å². The number of nitrogens with two attached hydrogens (primary N) is 1. The smallest absolute Gasteiger partial charge is 0.146 e. The molecule has 0 spiro atoms. The van der Waals surface area contributed by atoms with Crippen LogP contribution in [-0.4, -0.2) is 48.7 Å². The minimum atomic E-state index is -1.07. The molecule has 0 radical (unpaired) electrons. The number of fused-ring (bicyclic) bond motifs is 1. The number of aliphatic hydroxyl groups excluding tert-OH is 3. The molecule has 3 rings (SSSR count). The maximum atomic E-state index is 10.1. The molecule has 3 atom stereocenters. The summed E-state index contributed by atoms with van der Waals surface area (Å²) in [5, 5.41) is 29.9. The highest BCUT2D eigenvalue weighted by atomic mass is 16.3. The summed E-state index contributed by atoms with van der Waals surface area (Å²) in [6.45, 7) is 1.59. The molecule has 106 valence electrons. The lowest BCUT2D eigenvalue weighted by atomic mass is 10.1. The van der Waals surface area contributed by atoms with Crippen LogP contribution < -0.4 is 5.73 Å². The van der Waals surface area contributed by atoms with Crippen molar-refractivity contribution in [3.8, 4) is 0 Å². The van der Waals surface area contributed by atoms with Gasteiger partial charge in [0.15, 0.2) is 0 Å². The lowest BCUT2D eigenvalue weighted by Crippen LogP contribution is -2.30. The van der Waals surface area contributed by atoms with Gasteiger partial charge < -0.3 is 25.6 Å². The van der Waals surface area contributed by atoms with Crippen LogP contribution in [0.3, 0.4) is 0 Å². The average Bonchev–Trinajstić information content (AvgIpc) is 2.90. The van der Waals surface area contributed by atoms with Crippen molar-refractivity contribution >= 4 is 16.9 Å². The SMILES string of the molecule is Cc1cn([C@@H]2C=C(CO)C(O)[C@@H]2O)c2ncnc(N)c12. The quantitative estimate of drug-likeness (QED) is 0.550. The van der Waals surface area contributed by atoms with Gasteiger partial charge in [-0.05, 0) is 18.1 Å². The minimum absolute atomic E-state index is 0.288. The number of nitrogen functional groups attached to an aromatic ring is 1. The number of hydrogen-bond acceptors (Lipinski definition) is 6. The third kappa shape index (κ3) is 1.71. The van der Waals surface area contributed by atoms with E-state index in [1.807, 2.05) is 13.1 Å². The fourth-order valence-corrected chi connectivity index (χ4v) is 2.74. The van der Waals surface area contributed by atoms with Gasteiger partial charge in [0, 0.05) is 6.20 Å². The highest BCUT2D eigenvalue weighted by molar-refractivity contribution is 5.89. The van der Waals surface area contributed by atoms with Crippen LogP contribution in [0.15, 0.2) is 24.2 Å². The van der Waals surface area contributed by atoms with E-state index in [1.165, 1.54) is 6.33 Å². The normalized spacial score (nSPS) is 26.2. The van der Waals surface area contributed by atoms with Gasteiger partial charge in [-0.25, -0.2) is 9.97 Å². The van der Waals surface area contributed by atoms with E-state index in [4.69, 9.17) is 5.73 Å². The molecule has 0 saturated heterocycles. The Morgan fingerprint density at radius 1 is 1.35 bits per heavy atom. The number of anilines is 1. The zero-order valence-corrected chi connectivity index (χ0v) is 10.9. The van der Waals surface area contributed by atoms with Crippen LogP contribution in [0.2, 0.25) is 0 Å². The van der Waals surface area contributed by atoms with Crippen molar-refractivity contribution in [1.29, 1.82) is 0 Å². The third-order valence-electron chi connectivity index (χ3n) is 3.77. The fraction of sp³-hybridized carbons (Fsp3) is 0.385. The van der Waals surface area contributed by atoms with Crippen molar-refractivity contribution in [2.75, 3.05) is 12.3 Å². The van der Waals surface area contributed by atoms with Gasteiger partial charge in [-0.15, -0.1) is 0 Å². The molecule has 5 N–H and O–H groups in total. The number of aliphatic hydroxyl groups is 3. The maximum Gasteiger partial charge on any atom is 0.146 e. The second kappa shape index (κ2) is 4.55. The number of rotatable bonds is 2. The van der Waals surface area contributed by atoms with E-state index in [0.29, 0.717) is 17.0 Å². The van der Waals surface area contributed by atoms with Crippen molar-refractivity contribution < 1.29 is 15.3 Å². The number of aromatic nitrogens is 3. The van der Waals surface area contributed by atoms with Crippen LogP contribution in [0.4, 0.5) is 5.82 Å². The number of aryl methyl sites for hydroxylation is 1. The standard InChI is InChI=1S/C13H16N4O3/c1-6-3-17(13-9(6)12(14)15-5-16-13)8-2-7(4-18)10(19)11(8)20/h2-3,5,8,10-11,18-20H,4H2,1H3,(H2,14,15,16)/t8-,10?,11-/m1/s1. The Kier molecular flexibility index (Phi) is 2.97. The first-order valence-corrected chi connectivity index (χ1v) is 6.29. The van der Waals surface area contributed by atoms with Crippen molar-refractivity contribution in [3.63, 3.8) is 0 Å². The molecule has 0 aliphatic heterocycles. The Morgan fingerprint density at radius 2 is 2.10 bits per heavy atom. The van der Waals surface area contributed by atoms with Gasteiger partial charge in [-0.1, -0.05) is 6.08 Å². The zero-order chi connectivity index (χ0) is 14.4. The van der Waals surface area contributed by atoms with Gasteiger partial charge >= 0.3 is 0 Å². The highest BCUT2D eigenvalue weighted by Crippen LogP contribution is 2.33. The topological polar surface area (TPSA) is 117 Å². The first-order valence-electron chi connectivity index (χ1n) is 6.29. The summed E-state index contributed by atoms with van der Waals surface area (Å²) in [4.78, 5) is 8.16. The van der Waals surface area contributed by atoms with Crippen LogP contribution in [0, 0.1) is 6.92 Å². The van der Waals surface area contributed by atoms with Gasteiger partial charge in [-0.2, -0.15) is 0 Å². The summed E-state index contributed by atoms with van der Waals surface area (Å²) in [5.41, 5.74) is 7.75. The first kappa shape index (κ1) is 13.0. The van der Waals surface area contributed by atoms with Gasteiger partial charge in [-0.3, -0.25) is 0 Å². The van der Waals surface area contributed by atoms with E-state index in [-0.39, 0.29) is 6.61 Å². The van der Waals surface area contributed by atoms with Gasteiger partial charge in [0.25, 0.3) is 0 Å². The lowest BCUT2D eigenvalue weighted by molar-refractivity contribution is 0.0288. The van der Waals surface area contributed by atoms with Crippen LogP contribution in [0.5, 0.6) is 0 Å². The second-order valence-electron chi connectivity index (χ2n) is 5.00. The Balaban J connectivity index is 2.17. The van der Waals surface area contributed by atoms with Gasteiger partial charge in [0.1, 0.15) is 30.0 Å². The third-order valence-corrected chi connectivity index (χ3v) is 3.77. The van der Waals surface area contributed by atoms with Gasteiger partial charge in [0.2, 0.25) is 0 Å². The predicted molar refractivity (Wildman–Crippen MR) is 72.9 cm³/mol. The fourth-order valence-electron chi connectivity index (χ4n) is 2.74. The van der Waals surface area contributed by atoms with Crippen molar-refractivity contribution in [2.45, 2.75) is 25.2 Å². The molecule has 2 aromatic heterocycles. The molecule has 7 nitrogen and oxygen atoms in total. The first-order chi connectivity index (χ1) is 9.54. The van der Waals surface area contributed by atoms with Crippen molar-refractivity contribution in [1.82, 2.24) is 14.5 Å². The Morgan fingerprint density at radius 3 is 2.75 bits per heavy atom. The summed E-state index contributed by atoms with van der Waals surface area (Å²) in [5.74, 6) is 0.380. The van der Waals surface area contributed by atoms with Crippen LogP contribution >= 0.6 is 0 Å². The molecule has 0 fully saturated rings. The molecule has 2 aromatic rings. The van der Waals surface area contributed by atoms with E-state index in [0.717, 1.165) is 10.9 Å². The molecule has 20 heavy (non-hydrogen) atoms. The van der Waals surface area contributed by atoms with Crippen molar-refractivity contribution in [2.24, 2.45) is 0 Å². The van der Waals surface area contributed by atoms with E-state index < -0.39 is 18.2 Å². The summed E-state index contributed by atoms with van der Waals surface area (Å²) in [7, 11) is 0. The maximum absolute atomic E-state index is 10.1. The number of hydrogen-bond donors (Lipinski definition) is 4. The molecule has 1 aliphatic rings. The number of nitrogens with zero attached hydrogens (tertiary/aromatic N) is 3. The Hall–Kier alpha value is -1.96. The molecule has 0 bridgehead atoms. The molecule has 0 amide bonds. The van der Waals surface area contributed by atoms with Crippen LogP contribution in [0.25, 0.3) is 11.0 Å². The highest BCUT2D eigenvalue weighted by Gasteiger charge is 2.36. The minimum Gasteiger partial charge on any atom is -0.392 e. The lowest BCUT2D eigenvalue weighted by Gasteiger charge is -2.19. The Labute approximate surface area is 115 Å². The van der Waals surface area contributed by atoms with E-state index >= 15 is 0 Å².